The third-order valence-electron chi connectivity index (χ3n) is 3.64. The van der Waals surface area contributed by atoms with Crippen molar-refractivity contribution < 1.29 is 14.7 Å². The second-order valence-electron chi connectivity index (χ2n) is 4.77. The highest BCUT2D eigenvalue weighted by Crippen LogP contribution is 2.40. The molecule has 108 valence electrons. The number of piperidine rings is 1. The first kappa shape index (κ1) is 15.3. The summed E-state index contributed by atoms with van der Waals surface area (Å²) in [6, 6.07) is 4.76. The SMILES string of the molecule is CCN1C(=O)CCC(C(=O)O)C1c1cc(Cl)ccc1Br. The Hall–Kier alpha value is -1.07. The minimum absolute atomic E-state index is 0.0122. The lowest BCUT2D eigenvalue weighted by molar-refractivity contribution is -0.151. The van der Waals surface area contributed by atoms with Crippen LogP contribution in [0.2, 0.25) is 5.02 Å². The predicted molar refractivity (Wildman–Crippen MR) is 79.6 cm³/mol. The van der Waals surface area contributed by atoms with Crippen molar-refractivity contribution in [1.29, 1.82) is 0 Å². The maximum Gasteiger partial charge on any atom is 0.308 e. The van der Waals surface area contributed by atoms with E-state index in [2.05, 4.69) is 15.9 Å². The number of carboxylic acids is 1. The highest BCUT2D eigenvalue weighted by atomic mass is 79.9. The van der Waals surface area contributed by atoms with E-state index in [-0.39, 0.29) is 12.3 Å². The molecule has 4 nitrogen and oxygen atoms in total. The Morgan fingerprint density at radius 2 is 2.25 bits per heavy atom. The first-order valence-electron chi connectivity index (χ1n) is 6.43. The monoisotopic (exact) mass is 359 g/mol. The van der Waals surface area contributed by atoms with Crippen molar-refractivity contribution in [3.05, 3.63) is 33.3 Å². The molecule has 2 unspecified atom stereocenters. The van der Waals surface area contributed by atoms with E-state index in [0.29, 0.717) is 18.0 Å². The summed E-state index contributed by atoms with van der Waals surface area (Å²) < 4.78 is 0.770. The van der Waals surface area contributed by atoms with Gasteiger partial charge in [-0.05, 0) is 37.1 Å². The Morgan fingerprint density at radius 3 is 2.85 bits per heavy atom. The van der Waals surface area contributed by atoms with Crippen LogP contribution in [0.5, 0.6) is 0 Å². The van der Waals surface area contributed by atoms with Crippen LogP contribution < -0.4 is 0 Å². The zero-order valence-electron chi connectivity index (χ0n) is 11.0. The van der Waals surface area contributed by atoms with Gasteiger partial charge in [-0.2, -0.15) is 0 Å². The first-order valence-corrected chi connectivity index (χ1v) is 7.60. The number of halogens is 2. The van der Waals surface area contributed by atoms with Gasteiger partial charge in [0, 0.05) is 22.5 Å². The third kappa shape index (κ3) is 2.83. The quantitative estimate of drug-likeness (QED) is 0.897. The smallest absolute Gasteiger partial charge is 0.308 e. The second-order valence-corrected chi connectivity index (χ2v) is 6.06. The molecule has 1 N–H and O–H groups in total. The summed E-state index contributed by atoms with van der Waals surface area (Å²) in [5.41, 5.74) is 0.750. The molecular formula is C14H15BrClNO3. The van der Waals surface area contributed by atoms with Crippen molar-refractivity contribution in [2.45, 2.75) is 25.8 Å². The van der Waals surface area contributed by atoms with Gasteiger partial charge in [0.1, 0.15) is 0 Å². The normalized spacial score (nSPS) is 22.9. The van der Waals surface area contributed by atoms with Crippen LogP contribution in [-0.2, 0) is 9.59 Å². The molecule has 1 aromatic rings. The Kier molecular flexibility index (Phi) is 4.70. The van der Waals surface area contributed by atoms with Gasteiger partial charge in [-0.1, -0.05) is 27.5 Å². The van der Waals surface area contributed by atoms with E-state index in [1.807, 2.05) is 6.92 Å². The number of hydrogen-bond acceptors (Lipinski definition) is 2. The zero-order chi connectivity index (χ0) is 14.9. The van der Waals surface area contributed by atoms with Crippen LogP contribution >= 0.6 is 27.5 Å². The number of carboxylic acid groups (broad SMARTS) is 1. The average molecular weight is 361 g/mol. The van der Waals surface area contributed by atoms with Gasteiger partial charge in [0.25, 0.3) is 0 Å². The summed E-state index contributed by atoms with van der Waals surface area (Å²) in [5, 5.41) is 9.97. The molecule has 0 spiro atoms. The Balaban J connectivity index is 2.52. The van der Waals surface area contributed by atoms with Gasteiger partial charge in [0.15, 0.2) is 0 Å². The third-order valence-corrected chi connectivity index (χ3v) is 4.60. The summed E-state index contributed by atoms with van der Waals surface area (Å²) in [4.78, 5) is 25.2. The van der Waals surface area contributed by atoms with Gasteiger partial charge in [-0.15, -0.1) is 0 Å². The fourth-order valence-corrected chi connectivity index (χ4v) is 3.37. The summed E-state index contributed by atoms with van der Waals surface area (Å²) in [6.45, 7) is 2.33. The molecule has 1 aliphatic heterocycles. The number of hydrogen-bond donors (Lipinski definition) is 1. The van der Waals surface area contributed by atoms with Crippen molar-refractivity contribution >= 4 is 39.4 Å². The van der Waals surface area contributed by atoms with Crippen LogP contribution in [0.1, 0.15) is 31.4 Å². The van der Waals surface area contributed by atoms with Gasteiger partial charge >= 0.3 is 5.97 Å². The molecule has 20 heavy (non-hydrogen) atoms. The van der Waals surface area contributed by atoms with Crippen LogP contribution in [0.4, 0.5) is 0 Å². The molecular weight excluding hydrogens is 346 g/mol. The van der Waals surface area contributed by atoms with Crippen LogP contribution in [0, 0.1) is 5.92 Å². The number of rotatable bonds is 3. The molecule has 2 atom stereocenters. The Bertz CT molecular complexity index is 547. The number of aliphatic carboxylic acids is 1. The van der Waals surface area contributed by atoms with E-state index in [0.717, 1.165) is 10.0 Å². The molecule has 0 saturated carbocycles. The van der Waals surface area contributed by atoms with Gasteiger partial charge in [0.05, 0.1) is 12.0 Å². The standard InChI is InChI=1S/C14H15BrClNO3/c1-2-17-12(18)6-4-9(14(19)20)13(17)10-7-8(16)3-5-11(10)15/h3,5,7,9,13H,2,4,6H2,1H3,(H,19,20). The Morgan fingerprint density at radius 1 is 1.55 bits per heavy atom. The van der Waals surface area contributed by atoms with Gasteiger partial charge < -0.3 is 10.0 Å². The lowest BCUT2D eigenvalue weighted by Gasteiger charge is -2.39. The van der Waals surface area contributed by atoms with Crippen molar-refractivity contribution in [3.8, 4) is 0 Å². The topological polar surface area (TPSA) is 57.6 Å². The zero-order valence-corrected chi connectivity index (χ0v) is 13.3. The molecule has 1 heterocycles. The number of carbonyl (C=O) groups excluding carboxylic acids is 1. The van der Waals surface area contributed by atoms with E-state index in [1.165, 1.54) is 0 Å². The fourth-order valence-electron chi connectivity index (χ4n) is 2.71. The lowest BCUT2D eigenvalue weighted by Crippen LogP contribution is -2.45. The molecule has 1 fully saturated rings. The summed E-state index contributed by atoms with van der Waals surface area (Å²) in [5.74, 6) is -1.50. The lowest BCUT2D eigenvalue weighted by atomic mass is 9.84. The largest absolute Gasteiger partial charge is 0.481 e. The van der Waals surface area contributed by atoms with Crippen LogP contribution in [-0.4, -0.2) is 28.4 Å². The number of benzene rings is 1. The summed E-state index contributed by atoms with van der Waals surface area (Å²) in [7, 11) is 0. The average Bonchev–Trinajstić information content (AvgIpc) is 2.40. The van der Waals surface area contributed by atoms with E-state index < -0.39 is 17.9 Å². The number of carbonyl (C=O) groups is 2. The van der Waals surface area contributed by atoms with Crippen molar-refractivity contribution in [2.24, 2.45) is 5.92 Å². The van der Waals surface area contributed by atoms with Crippen molar-refractivity contribution in [3.63, 3.8) is 0 Å². The molecule has 6 heteroatoms. The van der Waals surface area contributed by atoms with Crippen molar-refractivity contribution in [1.82, 2.24) is 4.90 Å². The molecule has 1 aromatic carbocycles. The molecule has 2 rings (SSSR count). The van der Waals surface area contributed by atoms with E-state index in [4.69, 9.17) is 11.6 Å². The highest BCUT2D eigenvalue weighted by molar-refractivity contribution is 9.10. The maximum atomic E-state index is 12.1. The van der Waals surface area contributed by atoms with E-state index in [1.54, 1.807) is 23.1 Å². The van der Waals surface area contributed by atoms with Gasteiger partial charge in [-0.25, -0.2) is 0 Å². The number of amides is 1. The van der Waals surface area contributed by atoms with Crippen LogP contribution in [0.15, 0.2) is 22.7 Å². The highest BCUT2D eigenvalue weighted by Gasteiger charge is 2.40. The predicted octanol–water partition coefficient (Wildman–Crippen LogP) is 3.49. The summed E-state index contributed by atoms with van der Waals surface area (Å²) >= 11 is 9.45. The Labute approximate surface area is 130 Å². The summed E-state index contributed by atoms with van der Waals surface area (Å²) in [6.07, 6.45) is 0.633. The molecule has 1 saturated heterocycles. The van der Waals surface area contributed by atoms with E-state index in [9.17, 15) is 14.7 Å². The number of nitrogens with zero attached hydrogens (tertiary/aromatic N) is 1. The maximum absolute atomic E-state index is 12.1. The van der Waals surface area contributed by atoms with Gasteiger partial charge in [-0.3, -0.25) is 9.59 Å². The van der Waals surface area contributed by atoms with Gasteiger partial charge in [0.2, 0.25) is 5.91 Å². The fraction of sp³-hybridized carbons (Fsp3) is 0.429. The van der Waals surface area contributed by atoms with Crippen molar-refractivity contribution in [2.75, 3.05) is 6.54 Å². The van der Waals surface area contributed by atoms with Crippen LogP contribution in [0.25, 0.3) is 0 Å². The first-order chi connectivity index (χ1) is 9.45. The number of likely N-dealkylation sites (tertiary alicyclic amines) is 1. The molecule has 0 aliphatic carbocycles. The van der Waals surface area contributed by atoms with E-state index >= 15 is 0 Å². The molecule has 0 aromatic heterocycles. The minimum atomic E-state index is -0.882. The molecule has 1 amide bonds. The second kappa shape index (κ2) is 6.14. The molecule has 1 aliphatic rings. The molecule has 0 bridgehead atoms. The molecule has 0 radical (unpaired) electrons. The van der Waals surface area contributed by atoms with Crippen LogP contribution in [0.3, 0.4) is 0 Å². The minimum Gasteiger partial charge on any atom is -0.481 e.